The Labute approximate surface area is 323 Å². The van der Waals surface area contributed by atoms with Crippen molar-refractivity contribution in [2.75, 3.05) is 34.9 Å². The quantitative estimate of drug-likeness (QED) is 0.229. The number of ketones is 1. The number of rotatable bonds is 11. The first-order valence-corrected chi connectivity index (χ1v) is 19.7. The van der Waals surface area contributed by atoms with E-state index >= 15 is 0 Å². The number of aliphatic hydroxyl groups excluding tert-OH is 2. The highest BCUT2D eigenvalue weighted by Crippen LogP contribution is 2.38. The van der Waals surface area contributed by atoms with E-state index in [9.17, 15) is 24.6 Å². The highest BCUT2D eigenvalue weighted by Gasteiger charge is 2.46. The van der Waals surface area contributed by atoms with Crippen molar-refractivity contribution >= 4 is 18.0 Å². The van der Waals surface area contributed by atoms with Crippen molar-refractivity contribution in [1.82, 2.24) is 4.90 Å². The minimum atomic E-state index is -1.49. The molecule has 0 saturated carbocycles. The Bertz CT molecular complexity index is 1260. The topological polar surface area (TPSA) is 160 Å². The second-order valence-electron chi connectivity index (χ2n) is 16.1. The largest absolute Gasteiger partial charge is 0.460 e. The summed E-state index contributed by atoms with van der Waals surface area (Å²) in [5, 5.41) is 22.0. The van der Waals surface area contributed by atoms with Gasteiger partial charge in [-0.1, -0.05) is 52.3 Å². The summed E-state index contributed by atoms with van der Waals surface area (Å²) in [5.41, 5.74) is 0.735. The number of carbonyl (C=O) groups excluding carboxylic acids is 3. The van der Waals surface area contributed by atoms with E-state index in [2.05, 4.69) is 18.7 Å². The molecular weight excluding hydrogens is 698 g/mol. The Morgan fingerprint density at radius 2 is 1.54 bits per heavy atom. The fourth-order valence-corrected chi connectivity index (χ4v) is 8.56. The van der Waals surface area contributed by atoms with Crippen LogP contribution in [0.3, 0.4) is 0 Å². The normalized spacial score (nSPS) is 43.6. The number of carbonyl (C=O) groups is 3. The van der Waals surface area contributed by atoms with E-state index in [-0.39, 0.29) is 55.1 Å². The second kappa shape index (κ2) is 21.5. The van der Waals surface area contributed by atoms with E-state index in [4.69, 9.17) is 33.2 Å². The number of aldehydes is 1. The number of nitrogens with zero attached hydrogens (tertiary/aromatic N) is 1. The molecule has 0 aromatic heterocycles. The van der Waals surface area contributed by atoms with Crippen LogP contribution in [-0.2, 0) is 47.5 Å². The average Bonchev–Trinajstić information content (AvgIpc) is 3.12. The van der Waals surface area contributed by atoms with Crippen LogP contribution in [0, 0.1) is 35.5 Å². The number of aliphatic hydroxyl groups is 2. The zero-order valence-corrected chi connectivity index (χ0v) is 34.6. The second-order valence-corrected chi connectivity index (χ2v) is 16.1. The van der Waals surface area contributed by atoms with Crippen molar-refractivity contribution in [3.63, 3.8) is 0 Å². The molecule has 0 aliphatic carbocycles. The Balaban J connectivity index is 1.96. The van der Waals surface area contributed by atoms with Crippen LogP contribution >= 0.6 is 0 Å². The van der Waals surface area contributed by atoms with Crippen molar-refractivity contribution in [3.8, 4) is 0 Å². The molecule has 13 nitrogen and oxygen atoms in total. The third-order valence-corrected chi connectivity index (χ3v) is 11.8. The molecule has 0 amide bonds. The number of hydrogen-bond acceptors (Lipinski definition) is 13. The highest BCUT2D eigenvalue weighted by molar-refractivity contribution is 5.91. The van der Waals surface area contributed by atoms with Gasteiger partial charge in [0.2, 0.25) is 0 Å². The molecule has 3 rings (SSSR count). The van der Waals surface area contributed by atoms with E-state index < -0.39 is 79.0 Å². The lowest BCUT2D eigenvalue weighted by Crippen LogP contribution is -2.59. The van der Waals surface area contributed by atoms with Crippen LogP contribution in [0.2, 0.25) is 0 Å². The Morgan fingerprint density at radius 1 is 0.889 bits per heavy atom. The summed E-state index contributed by atoms with van der Waals surface area (Å²) in [6.45, 7) is 15.5. The molecule has 3 aliphatic heterocycles. The molecule has 17 atom stereocenters. The summed E-state index contributed by atoms with van der Waals surface area (Å²) in [6.07, 6.45) is -0.495. The zero-order chi connectivity index (χ0) is 40.4. The third kappa shape index (κ3) is 11.7. The van der Waals surface area contributed by atoms with E-state index in [1.807, 2.05) is 54.8 Å². The first kappa shape index (κ1) is 46.3. The van der Waals surface area contributed by atoms with Crippen LogP contribution in [0.25, 0.3) is 0 Å². The van der Waals surface area contributed by atoms with Gasteiger partial charge in [0.05, 0.1) is 24.9 Å². The average molecular weight is 768 g/mol. The number of hydrogen-bond donors (Lipinski definition) is 2. The van der Waals surface area contributed by atoms with Crippen LogP contribution in [0.15, 0.2) is 23.8 Å². The van der Waals surface area contributed by atoms with Crippen molar-refractivity contribution < 1.29 is 57.8 Å². The smallest absolute Gasteiger partial charge is 0.335 e. The molecule has 0 radical (unpaired) electrons. The van der Waals surface area contributed by atoms with Crippen molar-refractivity contribution in [1.29, 1.82) is 0 Å². The highest BCUT2D eigenvalue weighted by atomic mass is 16.7. The molecule has 0 bridgehead atoms. The predicted octanol–water partition coefficient (Wildman–Crippen LogP) is 4.11. The van der Waals surface area contributed by atoms with Crippen LogP contribution in [0.1, 0.15) is 81.1 Å². The van der Waals surface area contributed by atoms with Gasteiger partial charge in [-0.15, -0.1) is 0 Å². The third-order valence-electron chi connectivity index (χ3n) is 11.8. The fraction of sp³-hybridized carbons (Fsp3) is 0.829. The predicted molar refractivity (Wildman–Crippen MR) is 202 cm³/mol. The van der Waals surface area contributed by atoms with Gasteiger partial charge in [0, 0.05) is 44.4 Å². The molecule has 13 heteroatoms. The first-order chi connectivity index (χ1) is 25.5. The van der Waals surface area contributed by atoms with Gasteiger partial charge in [-0.05, 0) is 78.0 Å². The Hall–Kier alpha value is -2.07. The Kier molecular flexibility index (Phi) is 18.4. The number of cyclic esters (lactones) is 1. The minimum Gasteiger partial charge on any atom is -0.460 e. The summed E-state index contributed by atoms with van der Waals surface area (Å²) in [5.74, 6) is -2.43. The van der Waals surface area contributed by atoms with E-state index in [0.717, 1.165) is 11.9 Å². The number of methoxy groups -OCH3 is 2. The molecule has 54 heavy (non-hydrogen) atoms. The van der Waals surface area contributed by atoms with E-state index in [1.165, 1.54) is 14.2 Å². The lowest BCUT2D eigenvalue weighted by Gasteiger charge is -2.48. The van der Waals surface area contributed by atoms with Gasteiger partial charge in [0.15, 0.2) is 24.5 Å². The summed E-state index contributed by atoms with van der Waals surface area (Å²) in [6, 6.07) is 0.164. The molecule has 2 saturated heterocycles. The van der Waals surface area contributed by atoms with Gasteiger partial charge in [-0.2, -0.15) is 0 Å². The van der Waals surface area contributed by atoms with Crippen LogP contribution in [0.4, 0.5) is 0 Å². The molecule has 0 aromatic carbocycles. The number of ether oxygens (including phenoxy) is 7. The fourth-order valence-electron chi connectivity index (χ4n) is 8.56. The molecular formula is C41H69NO12. The standard InChI is InChI=1S/C41H69NO12/c1-13-33-30(21-50-41-38(49-12)37(48-11)35(46)28(8)52-41)18-22(2)14-15-31(44)23(3)19-29(16-17-43)36(24(4)20-32(45)39(47)53-33)54-40-26(6)34(42(9)10)25(5)27(7)51-40/h14-15,17-18,23-30,32-38,40-41,45-46H,13,16,19-21H2,1-12H3/b15-14+,22-18+/t23-,24?,25-,26-,27-,28-,29+,30-,32+,33-,34+,35-,36-,37-,38-,40+,41-/m1/s1. The molecule has 2 N–H and O–H groups in total. The molecule has 0 spiro atoms. The number of allylic oxidation sites excluding steroid dienone is 3. The minimum absolute atomic E-state index is 0.00176. The molecule has 0 aromatic rings. The zero-order valence-electron chi connectivity index (χ0n) is 34.6. The van der Waals surface area contributed by atoms with Crippen LogP contribution < -0.4 is 0 Å². The molecule has 1 unspecified atom stereocenters. The first-order valence-electron chi connectivity index (χ1n) is 19.7. The summed E-state index contributed by atoms with van der Waals surface area (Å²) >= 11 is 0. The van der Waals surface area contributed by atoms with Crippen LogP contribution in [0.5, 0.6) is 0 Å². The van der Waals surface area contributed by atoms with Crippen molar-refractivity contribution in [2.45, 2.75) is 149 Å². The maximum atomic E-state index is 13.7. The van der Waals surface area contributed by atoms with E-state index in [0.29, 0.717) is 12.8 Å². The van der Waals surface area contributed by atoms with Gasteiger partial charge in [0.1, 0.15) is 30.7 Å². The molecule has 3 aliphatic rings. The maximum Gasteiger partial charge on any atom is 0.335 e. The molecule has 310 valence electrons. The van der Waals surface area contributed by atoms with Gasteiger partial charge in [-0.3, -0.25) is 4.79 Å². The van der Waals surface area contributed by atoms with Gasteiger partial charge >= 0.3 is 5.97 Å². The van der Waals surface area contributed by atoms with Gasteiger partial charge < -0.3 is 53.1 Å². The number of esters is 1. The van der Waals surface area contributed by atoms with E-state index in [1.54, 1.807) is 19.1 Å². The molecule has 2 fully saturated rings. The lowest BCUT2D eigenvalue weighted by molar-refractivity contribution is -0.304. The summed E-state index contributed by atoms with van der Waals surface area (Å²) < 4.78 is 42.6. The lowest BCUT2D eigenvalue weighted by atomic mass is 9.79. The SMILES string of the molecule is CC[C@H]1OC(=O)[C@@H](O)CC(C)[C@@H](O[C@@H]2O[C@H](C)[C@@H](C)[C@H](N(C)C)[C@H]2C)[C@@H](CC=O)C[C@@H](C)C(=O)/C=C/C(C)=C/[C@@H]1CO[C@@H]1O[C@H](C)[C@@H](O)[C@@H](OC)[C@H]1OC. The molecule has 3 heterocycles. The Morgan fingerprint density at radius 3 is 2.13 bits per heavy atom. The van der Waals surface area contributed by atoms with Crippen molar-refractivity contribution in [2.24, 2.45) is 35.5 Å². The van der Waals surface area contributed by atoms with Crippen molar-refractivity contribution in [3.05, 3.63) is 23.8 Å². The summed E-state index contributed by atoms with van der Waals surface area (Å²) in [7, 11) is 7.05. The summed E-state index contributed by atoms with van der Waals surface area (Å²) in [4.78, 5) is 41.5. The van der Waals surface area contributed by atoms with Crippen LogP contribution in [-0.4, -0.2) is 136 Å². The maximum absolute atomic E-state index is 13.7. The van der Waals surface area contributed by atoms with Gasteiger partial charge in [0.25, 0.3) is 0 Å². The van der Waals surface area contributed by atoms with Gasteiger partial charge in [-0.25, -0.2) is 4.79 Å². The monoisotopic (exact) mass is 767 g/mol.